The topological polar surface area (TPSA) is 64.6 Å². The van der Waals surface area contributed by atoms with Gasteiger partial charge in [-0.2, -0.15) is 0 Å². The summed E-state index contributed by atoms with van der Waals surface area (Å²) in [5, 5.41) is 2.94. The highest BCUT2D eigenvalue weighted by molar-refractivity contribution is 5.91. The van der Waals surface area contributed by atoms with Gasteiger partial charge in [-0.05, 0) is 48.1 Å². The fraction of sp³-hybridized carbons (Fsp3) is 0.440. The first-order valence-electron chi connectivity index (χ1n) is 10.8. The van der Waals surface area contributed by atoms with Crippen molar-refractivity contribution < 1.29 is 23.5 Å². The number of benzene rings is 2. The number of rotatable bonds is 7. The third-order valence-electron chi connectivity index (χ3n) is 6.39. The molecule has 1 fully saturated rings. The summed E-state index contributed by atoms with van der Waals surface area (Å²) in [5.74, 6) is -0.794. The van der Waals surface area contributed by atoms with Crippen LogP contribution in [0.3, 0.4) is 0 Å². The Hall–Kier alpha value is -2.57. The molecule has 0 saturated carbocycles. The summed E-state index contributed by atoms with van der Waals surface area (Å²) < 4.78 is 24.5. The van der Waals surface area contributed by atoms with E-state index in [0.717, 1.165) is 12.0 Å². The van der Waals surface area contributed by atoms with E-state index in [-0.39, 0.29) is 41.9 Å². The molecule has 0 spiro atoms. The van der Waals surface area contributed by atoms with E-state index in [9.17, 15) is 14.0 Å². The molecule has 2 aliphatic rings. The fourth-order valence-corrected chi connectivity index (χ4v) is 4.74. The smallest absolute Gasteiger partial charge is 0.224 e. The van der Waals surface area contributed by atoms with Crippen molar-refractivity contribution in [1.29, 1.82) is 0 Å². The number of fused-ring (bicyclic) bond motifs is 1. The van der Waals surface area contributed by atoms with Crippen molar-refractivity contribution in [2.24, 2.45) is 11.8 Å². The summed E-state index contributed by atoms with van der Waals surface area (Å²) in [4.78, 5) is 26.3. The van der Waals surface area contributed by atoms with Crippen LogP contribution in [0.15, 0.2) is 48.5 Å². The van der Waals surface area contributed by atoms with Crippen molar-refractivity contribution >= 4 is 11.7 Å². The van der Waals surface area contributed by atoms with Crippen LogP contribution in [0.2, 0.25) is 0 Å². The van der Waals surface area contributed by atoms with E-state index >= 15 is 0 Å². The zero-order valence-electron chi connectivity index (χ0n) is 17.7. The van der Waals surface area contributed by atoms with Crippen molar-refractivity contribution in [1.82, 2.24) is 5.32 Å². The average Bonchev–Trinajstić information content (AvgIpc) is 3.15. The molecule has 0 aromatic heterocycles. The van der Waals surface area contributed by atoms with Gasteiger partial charge >= 0.3 is 0 Å². The average molecular weight is 426 g/mol. The molecular formula is C25H28FNO4. The fourth-order valence-electron chi connectivity index (χ4n) is 4.74. The van der Waals surface area contributed by atoms with Crippen LogP contribution in [0.4, 0.5) is 4.39 Å². The number of methoxy groups -OCH3 is 1. The minimum Gasteiger partial charge on any atom is -0.381 e. The van der Waals surface area contributed by atoms with Gasteiger partial charge in [-0.1, -0.05) is 36.4 Å². The molecule has 2 aromatic rings. The van der Waals surface area contributed by atoms with E-state index in [1.54, 1.807) is 19.2 Å². The summed E-state index contributed by atoms with van der Waals surface area (Å²) in [7, 11) is 1.66. The van der Waals surface area contributed by atoms with Gasteiger partial charge in [0.05, 0.1) is 6.10 Å². The number of ketones is 1. The summed E-state index contributed by atoms with van der Waals surface area (Å²) in [6.45, 7) is 1.09. The second-order valence-corrected chi connectivity index (χ2v) is 8.37. The molecule has 164 valence electrons. The lowest BCUT2D eigenvalue weighted by atomic mass is 9.90. The normalized spacial score (nSPS) is 22.0. The molecule has 31 heavy (non-hydrogen) atoms. The molecule has 3 atom stereocenters. The number of hydrogen-bond acceptors (Lipinski definition) is 4. The van der Waals surface area contributed by atoms with Crippen molar-refractivity contribution in [2.45, 2.75) is 37.8 Å². The third kappa shape index (κ3) is 4.86. The number of carbonyl (C=O) groups excluding carboxylic acids is 2. The maximum Gasteiger partial charge on any atom is 0.224 e. The highest BCUT2D eigenvalue weighted by Gasteiger charge is 2.36. The Morgan fingerprint density at radius 3 is 2.55 bits per heavy atom. The molecule has 1 unspecified atom stereocenters. The van der Waals surface area contributed by atoms with E-state index in [0.29, 0.717) is 31.6 Å². The van der Waals surface area contributed by atoms with Crippen LogP contribution in [-0.4, -0.2) is 32.0 Å². The molecule has 2 aromatic carbocycles. The van der Waals surface area contributed by atoms with Gasteiger partial charge < -0.3 is 14.8 Å². The maximum atomic E-state index is 13.5. The van der Waals surface area contributed by atoms with Crippen LogP contribution in [-0.2, 0) is 25.5 Å². The molecule has 1 saturated heterocycles. The number of hydrogen-bond donors (Lipinski definition) is 1. The molecule has 1 amide bonds. The first-order valence-corrected chi connectivity index (χ1v) is 10.8. The van der Waals surface area contributed by atoms with Gasteiger partial charge in [-0.15, -0.1) is 0 Å². The molecule has 1 aliphatic carbocycles. The van der Waals surface area contributed by atoms with Crippen molar-refractivity contribution in [3.8, 4) is 0 Å². The van der Waals surface area contributed by atoms with Crippen molar-refractivity contribution in [3.63, 3.8) is 0 Å². The summed E-state index contributed by atoms with van der Waals surface area (Å²) >= 11 is 0. The number of carbonyl (C=O) groups is 2. The first kappa shape index (κ1) is 21.7. The monoisotopic (exact) mass is 425 g/mol. The largest absolute Gasteiger partial charge is 0.381 e. The Morgan fingerprint density at radius 1 is 1.13 bits per heavy atom. The van der Waals surface area contributed by atoms with E-state index in [1.807, 2.05) is 18.2 Å². The van der Waals surface area contributed by atoms with Gasteiger partial charge in [0.1, 0.15) is 11.9 Å². The number of halogens is 1. The van der Waals surface area contributed by atoms with Crippen LogP contribution >= 0.6 is 0 Å². The van der Waals surface area contributed by atoms with Gasteiger partial charge in [-0.3, -0.25) is 9.59 Å². The zero-order valence-corrected chi connectivity index (χ0v) is 17.7. The minimum atomic E-state index is -0.808. The van der Waals surface area contributed by atoms with E-state index in [2.05, 4.69) is 11.4 Å². The molecular weight excluding hydrogens is 397 g/mol. The second-order valence-electron chi connectivity index (χ2n) is 8.37. The Labute approximate surface area is 181 Å². The van der Waals surface area contributed by atoms with Crippen LogP contribution < -0.4 is 5.32 Å². The van der Waals surface area contributed by atoms with Crippen LogP contribution in [0.5, 0.6) is 0 Å². The Kier molecular flexibility index (Phi) is 6.78. The highest BCUT2D eigenvalue weighted by atomic mass is 19.1. The molecule has 5 nitrogen and oxygen atoms in total. The Balaban J connectivity index is 1.52. The quantitative estimate of drug-likeness (QED) is 0.730. The number of ether oxygens (including phenoxy) is 2. The van der Waals surface area contributed by atoms with Crippen LogP contribution in [0.25, 0.3) is 0 Å². The summed E-state index contributed by atoms with van der Waals surface area (Å²) in [5.41, 5.74) is 2.90. The van der Waals surface area contributed by atoms with E-state index in [4.69, 9.17) is 9.47 Å². The van der Waals surface area contributed by atoms with E-state index in [1.165, 1.54) is 17.7 Å². The SMILES string of the molecule is COC1c2ccccc2C[C@@H]1CC(=O)[C@@H](NC(=O)C1CCOCC1)c1ccc(F)cc1. The molecule has 1 aliphatic heterocycles. The van der Waals surface area contributed by atoms with Gasteiger partial charge in [-0.25, -0.2) is 4.39 Å². The second kappa shape index (κ2) is 9.71. The van der Waals surface area contributed by atoms with Gasteiger partial charge in [0.25, 0.3) is 0 Å². The number of Topliss-reactive ketones (excluding diaryl/α,β-unsaturated/α-hetero) is 1. The molecule has 1 heterocycles. The predicted octanol–water partition coefficient (Wildman–Crippen LogP) is 3.93. The number of nitrogens with one attached hydrogen (secondary N) is 1. The van der Waals surface area contributed by atoms with Gasteiger partial charge in [0, 0.05) is 38.6 Å². The predicted molar refractivity (Wildman–Crippen MR) is 114 cm³/mol. The Bertz CT molecular complexity index is 923. The lowest BCUT2D eigenvalue weighted by Gasteiger charge is -2.26. The van der Waals surface area contributed by atoms with Crippen molar-refractivity contribution in [2.75, 3.05) is 20.3 Å². The molecule has 4 rings (SSSR count). The maximum absolute atomic E-state index is 13.5. The highest BCUT2D eigenvalue weighted by Crippen LogP contribution is 2.41. The molecule has 6 heteroatoms. The zero-order chi connectivity index (χ0) is 21.8. The minimum absolute atomic E-state index is 0.00201. The van der Waals surface area contributed by atoms with Crippen molar-refractivity contribution in [3.05, 3.63) is 71.0 Å². The Morgan fingerprint density at radius 2 is 1.84 bits per heavy atom. The van der Waals surface area contributed by atoms with Crippen LogP contribution in [0, 0.1) is 17.7 Å². The lowest BCUT2D eigenvalue weighted by Crippen LogP contribution is -2.40. The first-order chi connectivity index (χ1) is 15.1. The summed E-state index contributed by atoms with van der Waals surface area (Å²) in [6, 6.07) is 13.0. The third-order valence-corrected chi connectivity index (χ3v) is 6.39. The molecule has 1 N–H and O–H groups in total. The number of amides is 1. The van der Waals surface area contributed by atoms with E-state index < -0.39 is 6.04 Å². The standard InChI is InChI=1S/C25H28FNO4/c1-30-24-19(14-18-4-2-3-5-21(18)24)15-22(28)23(16-6-8-20(26)9-7-16)27-25(29)17-10-12-31-13-11-17/h2-9,17,19,23-24H,10-15H2,1H3,(H,27,29)/t19-,23+,24?/m1/s1. The lowest BCUT2D eigenvalue weighted by molar-refractivity contribution is -0.133. The molecule has 0 radical (unpaired) electrons. The van der Waals surface area contributed by atoms with Gasteiger partial charge in [0.15, 0.2) is 5.78 Å². The van der Waals surface area contributed by atoms with Crippen LogP contribution in [0.1, 0.15) is 48.1 Å². The van der Waals surface area contributed by atoms with Gasteiger partial charge in [0.2, 0.25) is 5.91 Å². The molecule has 0 bridgehead atoms. The summed E-state index contributed by atoms with van der Waals surface area (Å²) in [6.07, 6.45) is 2.15.